The first-order valence-electron chi connectivity index (χ1n) is 5.95. The summed E-state index contributed by atoms with van der Waals surface area (Å²) in [6, 6.07) is 1.48. The van der Waals surface area contributed by atoms with Gasteiger partial charge in [-0.25, -0.2) is 0 Å². The quantitative estimate of drug-likeness (QED) is 0.755. The lowest BCUT2D eigenvalue weighted by Crippen LogP contribution is -2.36. The first kappa shape index (κ1) is 12.4. The molecule has 1 saturated heterocycles. The average Bonchev–Trinajstić information content (AvgIpc) is 2.48. The third-order valence-electron chi connectivity index (χ3n) is 2.90. The van der Waals surface area contributed by atoms with Crippen molar-refractivity contribution < 1.29 is 0 Å². The molecular weight excluding hydrogens is 190 g/mol. The van der Waals surface area contributed by atoms with Crippen LogP contribution < -0.4 is 5.32 Å². The van der Waals surface area contributed by atoms with E-state index in [9.17, 15) is 0 Å². The molecule has 1 aliphatic heterocycles. The van der Waals surface area contributed by atoms with Crippen LogP contribution in [0.5, 0.6) is 0 Å². The first-order valence-corrected chi connectivity index (χ1v) is 7.00. The lowest BCUT2D eigenvalue weighted by atomic mass is 10.0. The number of hydrogen-bond donors (Lipinski definition) is 1. The van der Waals surface area contributed by atoms with Crippen LogP contribution in [0.4, 0.5) is 0 Å². The summed E-state index contributed by atoms with van der Waals surface area (Å²) in [5, 5.41) is 4.61. The van der Waals surface area contributed by atoms with Gasteiger partial charge in [0, 0.05) is 23.1 Å². The van der Waals surface area contributed by atoms with Gasteiger partial charge in [-0.05, 0) is 32.1 Å². The summed E-state index contributed by atoms with van der Waals surface area (Å²) < 4.78 is 0. The van der Waals surface area contributed by atoms with Crippen molar-refractivity contribution in [2.75, 3.05) is 5.75 Å². The van der Waals surface area contributed by atoms with E-state index in [1.807, 2.05) is 0 Å². The summed E-state index contributed by atoms with van der Waals surface area (Å²) in [6.45, 7) is 9.28. The molecule has 3 atom stereocenters. The smallest absolute Gasteiger partial charge is 0.0171 e. The molecule has 1 nitrogen and oxygen atoms in total. The molecule has 84 valence electrons. The molecule has 0 aromatic carbocycles. The molecule has 0 bridgehead atoms. The van der Waals surface area contributed by atoms with Gasteiger partial charge in [0.05, 0.1) is 0 Å². The molecule has 0 aromatic heterocycles. The SMILES string of the molecule is CC(C)CCC(C)NC1CSC(C)C1. The van der Waals surface area contributed by atoms with Crippen molar-refractivity contribution in [2.24, 2.45) is 5.92 Å². The van der Waals surface area contributed by atoms with Gasteiger partial charge in [0.25, 0.3) is 0 Å². The highest BCUT2D eigenvalue weighted by Crippen LogP contribution is 2.26. The van der Waals surface area contributed by atoms with Crippen molar-refractivity contribution in [3.8, 4) is 0 Å². The molecule has 0 saturated carbocycles. The highest BCUT2D eigenvalue weighted by atomic mass is 32.2. The van der Waals surface area contributed by atoms with Crippen LogP contribution in [0.1, 0.15) is 47.0 Å². The molecule has 0 aromatic rings. The van der Waals surface area contributed by atoms with Gasteiger partial charge in [-0.3, -0.25) is 0 Å². The molecular formula is C12H25NS. The summed E-state index contributed by atoms with van der Waals surface area (Å²) in [7, 11) is 0. The second-order valence-corrected chi connectivity index (χ2v) is 6.59. The van der Waals surface area contributed by atoms with Crippen molar-refractivity contribution in [3.63, 3.8) is 0 Å². The van der Waals surface area contributed by atoms with Gasteiger partial charge < -0.3 is 5.32 Å². The van der Waals surface area contributed by atoms with Crippen molar-refractivity contribution in [2.45, 2.75) is 64.3 Å². The second kappa shape index (κ2) is 6.02. The Labute approximate surface area is 93.4 Å². The summed E-state index contributed by atoms with van der Waals surface area (Å²) in [6.07, 6.45) is 4.04. The zero-order valence-electron chi connectivity index (χ0n) is 10.0. The van der Waals surface area contributed by atoms with E-state index >= 15 is 0 Å². The highest BCUT2D eigenvalue weighted by molar-refractivity contribution is 8.00. The van der Waals surface area contributed by atoms with Crippen LogP contribution >= 0.6 is 11.8 Å². The predicted molar refractivity (Wildman–Crippen MR) is 67.0 cm³/mol. The monoisotopic (exact) mass is 215 g/mol. The normalized spacial score (nSPS) is 29.8. The Hall–Kier alpha value is 0.310. The topological polar surface area (TPSA) is 12.0 Å². The van der Waals surface area contributed by atoms with Crippen LogP contribution in [-0.2, 0) is 0 Å². The Bertz CT molecular complexity index is 158. The number of thioether (sulfide) groups is 1. The predicted octanol–water partition coefficient (Wildman–Crippen LogP) is 3.29. The minimum Gasteiger partial charge on any atom is -0.311 e. The lowest BCUT2D eigenvalue weighted by Gasteiger charge is -2.19. The minimum atomic E-state index is 0.702. The van der Waals surface area contributed by atoms with Gasteiger partial charge in [0.2, 0.25) is 0 Å². The summed E-state index contributed by atoms with van der Waals surface area (Å²) in [5.74, 6) is 2.16. The highest BCUT2D eigenvalue weighted by Gasteiger charge is 2.22. The number of nitrogens with one attached hydrogen (secondary N) is 1. The summed E-state index contributed by atoms with van der Waals surface area (Å²) in [4.78, 5) is 0. The van der Waals surface area contributed by atoms with Crippen molar-refractivity contribution in [3.05, 3.63) is 0 Å². The molecule has 1 heterocycles. The minimum absolute atomic E-state index is 0.702. The third kappa shape index (κ3) is 4.70. The summed E-state index contributed by atoms with van der Waals surface area (Å²) in [5.41, 5.74) is 0. The maximum Gasteiger partial charge on any atom is 0.0171 e. The van der Waals surface area contributed by atoms with Crippen LogP contribution in [0.3, 0.4) is 0 Å². The van der Waals surface area contributed by atoms with E-state index in [-0.39, 0.29) is 0 Å². The van der Waals surface area contributed by atoms with Crippen molar-refractivity contribution in [1.29, 1.82) is 0 Å². The fourth-order valence-corrected chi connectivity index (χ4v) is 3.16. The van der Waals surface area contributed by atoms with Gasteiger partial charge in [0.1, 0.15) is 0 Å². The maximum absolute atomic E-state index is 3.74. The van der Waals surface area contributed by atoms with E-state index in [2.05, 4.69) is 44.8 Å². The van der Waals surface area contributed by atoms with Crippen LogP contribution in [0.2, 0.25) is 0 Å². The molecule has 0 aliphatic carbocycles. The van der Waals surface area contributed by atoms with E-state index in [0.717, 1.165) is 17.2 Å². The Morgan fingerprint density at radius 2 is 2.00 bits per heavy atom. The number of rotatable bonds is 5. The third-order valence-corrected chi connectivity index (χ3v) is 4.25. The van der Waals surface area contributed by atoms with E-state index in [0.29, 0.717) is 6.04 Å². The maximum atomic E-state index is 3.74. The Balaban J connectivity index is 2.10. The fourth-order valence-electron chi connectivity index (χ4n) is 2.00. The Morgan fingerprint density at radius 3 is 2.50 bits per heavy atom. The molecule has 2 heteroatoms. The number of hydrogen-bond acceptors (Lipinski definition) is 2. The molecule has 1 N–H and O–H groups in total. The molecule has 0 amide bonds. The Morgan fingerprint density at radius 1 is 1.29 bits per heavy atom. The van der Waals surface area contributed by atoms with Crippen molar-refractivity contribution >= 4 is 11.8 Å². The second-order valence-electron chi connectivity index (χ2n) is 5.12. The Kier molecular flexibility index (Phi) is 5.32. The molecule has 0 radical (unpaired) electrons. The standard InChI is InChI=1S/C12H25NS/c1-9(2)5-6-10(3)13-12-7-11(4)14-8-12/h9-13H,5-8H2,1-4H3. The van der Waals surface area contributed by atoms with Gasteiger partial charge in [-0.1, -0.05) is 20.8 Å². The van der Waals surface area contributed by atoms with Crippen LogP contribution in [0.15, 0.2) is 0 Å². The molecule has 0 spiro atoms. The van der Waals surface area contributed by atoms with Gasteiger partial charge in [0.15, 0.2) is 0 Å². The van der Waals surface area contributed by atoms with Crippen LogP contribution in [0, 0.1) is 5.92 Å². The molecule has 1 rings (SSSR count). The van der Waals surface area contributed by atoms with E-state index in [4.69, 9.17) is 0 Å². The lowest BCUT2D eigenvalue weighted by molar-refractivity contribution is 0.409. The largest absolute Gasteiger partial charge is 0.311 e. The van der Waals surface area contributed by atoms with Crippen LogP contribution in [0.25, 0.3) is 0 Å². The average molecular weight is 215 g/mol. The molecule has 1 aliphatic rings. The first-order chi connectivity index (χ1) is 6.58. The molecule has 14 heavy (non-hydrogen) atoms. The van der Waals surface area contributed by atoms with Crippen LogP contribution in [-0.4, -0.2) is 23.1 Å². The molecule has 3 unspecified atom stereocenters. The molecule has 1 fully saturated rings. The zero-order chi connectivity index (χ0) is 10.6. The van der Waals surface area contributed by atoms with Gasteiger partial charge in [-0.2, -0.15) is 11.8 Å². The zero-order valence-corrected chi connectivity index (χ0v) is 10.9. The van der Waals surface area contributed by atoms with Crippen molar-refractivity contribution in [1.82, 2.24) is 5.32 Å². The van der Waals surface area contributed by atoms with E-state index in [1.165, 1.54) is 25.0 Å². The fraction of sp³-hybridized carbons (Fsp3) is 1.00. The van der Waals surface area contributed by atoms with Gasteiger partial charge >= 0.3 is 0 Å². The van der Waals surface area contributed by atoms with E-state index < -0.39 is 0 Å². The summed E-state index contributed by atoms with van der Waals surface area (Å²) >= 11 is 2.11. The van der Waals surface area contributed by atoms with Gasteiger partial charge in [-0.15, -0.1) is 0 Å². The van der Waals surface area contributed by atoms with E-state index in [1.54, 1.807) is 0 Å².